The number of guanidine groups is 1. The largest absolute Gasteiger partial charge is 0.490 e. The van der Waals surface area contributed by atoms with Crippen LogP contribution >= 0.6 is 0 Å². The number of ether oxygens (including phenoxy) is 2. The van der Waals surface area contributed by atoms with Crippen LogP contribution in [0.15, 0.2) is 23.2 Å². The Hall–Kier alpha value is -1.86. The fourth-order valence-corrected chi connectivity index (χ4v) is 3.72. The van der Waals surface area contributed by atoms with Crippen LogP contribution in [0.2, 0.25) is 0 Å². The Balaban J connectivity index is 1.48. The Morgan fingerprint density at radius 1 is 1.34 bits per heavy atom. The molecule has 1 saturated heterocycles. The minimum atomic E-state index is -0.306. The maximum atomic E-state index is 14.4. The summed E-state index contributed by atoms with van der Waals surface area (Å²) in [6.07, 6.45) is 4.78. The van der Waals surface area contributed by atoms with Gasteiger partial charge in [-0.1, -0.05) is 6.07 Å². The lowest BCUT2D eigenvalue weighted by Gasteiger charge is -2.26. The third-order valence-corrected chi connectivity index (χ3v) is 5.79. The number of nitrogens with zero attached hydrogens (tertiary/aromatic N) is 2. The number of nitrogens with one attached hydrogen (secondary N) is 2. The van der Waals surface area contributed by atoms with Crippen LogP contribution in [0.3, 0.4) is 0 Å². The topological polar surface area (TPSA) is 58.1 Å². The van der Waals surface area contributed by atoms with Gasteiger partial charge in [0.15, 0.2) is 17.5 Å². The summed E-state index contributed by atoms with van der Waals surface area (Å²) in [5, 5.41) is 6.78. The van der Waals surface area contributed by atoms with E-state index in [9.17, 15) is 4.39 Å². The molecule has 1 heterocycles. The third kappa shape index (κ3) is 6.57. The molecule has 1 aliphatic carbocycles. The molecule has 0 radical (unpaired) electrons. The normalized spacial score (nSPS) is 21.2. The van der Waals surface area contributed by atoms with E-state index >= 15 is 0 Å². The third-order valence-electron chi connectivity index (χ3n) is 5.79. The predicted molar refractivity (Wildman–Crippen MR) is 114 cm³/mol. The van der Waals surface area contributed by atoms with Crippen LogP contribution in [-0.2, 0) is 4.74 Å². The number of halogens is 1. The first kappa shape index (κ1) is 21.8. The summed E-state index contributed by atoms with van der Waals surface area (Å²) in [6.45, 7) is 6.28. The highest BCUT2D eigenvalue weighted by Gasteiger charge is 2.24. The first-order valence-electron chi connectivity index (χ1n) is 10.7. The minimum absolute atomic E-state index is 0.0682. The highest BCUT2D eigenvalue weighted by molar-refractivity contribution is 5.80. The average molecular weight is 407 g/mol. The van der Waals surface area contributed by atoms with E-state index in [2.05, 4.69) is 20.5 Å². The standard InChI is InChI=1S/C22H35FN4O2/c1-16(18-8-9-21(20(23)13-18)29-15-17-6-7-17)26-22(24-2)25-14-19-5-4-10-27(19)11-12-28-3/h8-9,13,16-17,19H,4-7,10-12,14-15H2,1-3H3,(H2,24,25,26). The minimum Gasteiger partial charge on any atom is -0.490 e. The van der Waals surface area contributed by atoms with Gasteiger partial charge in [-0.3, -0.25) is 9.89 Å². The van der Waals surface area contributed by atoms with Crippen LogP contribution in [0.1, 0.15) is 44.2 Å². The summed E-state index contributed by atoms with van der Waals surface area (Å²) >= 11 is 0. The molecule has 1 aromatic rings. The van der Waals surface area contributed by atoms with Crippen molar-refractivity contribution in [3.05, 3.63) is 29.6 Å². The smallest absolute Gasteiger partial charge is 0.191 e. The molecule has 0 bridgehead atoms. The second-order valence-corrected chi connectivity index (χ2v) is 8.09. The van der Waals surface area contributed by atoms with Crippen molar-refractivity contribution in [3.8, 4) is 5.75 Å². The van der Waals surface area contributed by atoms with Gasteiger partial charge in [0.2, 0.25) is 0 Å². The predicted octanol–water partition coefficient (Wildman–Crippen LogP) is 2.95. The van der Waals surface area contributed by atoms with Crippen molar-refractivity contribution in [2.75, 3.05) is 47.0 Å². The zero-order chi connectivity index (χ0) is 20.6. The van der Waals surface area contributed by atoms with Crippen LogP contribution in [0.25, 0.3) is 0 Å². The summed E-state index contributed by atoms with van der Waals surface area (Å²) in [6, 6.07) is 5.62. The van der Waals surface area contributed by atoms with Crippen molar-refractivity contribution in [2.45, 2.75) is 44.7 Å². The van der Waals surface area contributed by atoms with Gasteiger partial charge in [0.1, 0.15) is 0 Å². The molecule has 2 fully saturated rings. The first-order valence-corrected chi connectivity index (χ1v) is 10.7. The zero-order valence-corrected chi connectivity index (χ0v) is 17.9. The fourth-order valence-electron chi connectivity index (χ4n) is 3.72. The summed E-state index contributed by atoms with van der Waals surface area (Å²) in [4.78, 5) is 6.79. The van der Waals surface area contributed by atoms with Crippen molar-refractivity contribution in [1.29, 1.82) is 0 Å². The Bertz CT molecular complexity index is 681. The molecule has 1 saturated carbocycles. The molecular weight excluding hydrogens is 371 g/mol. The fraction of sp³-hybridized carbons (Fsp3) is 0.682. The van der Waals surface area contributed by atoms with Gasteiger partial charge in [-0.2, -0.15) is 0 Å². The van der Waals surface area contributed by atoms with Gasteiger partial charge in [0, 0.05) is 33.3 Å². The molecule has 29 heavy (non-hydrogen) atoms. The highest BCUT2D eigenvalue weighted by atomic mass is 19.1. The van der Waals surface area contributed by atoms with Crippen molar-refractivity contribution >= 4 is 5.96 Å². The molecule has 2 aliphatic rings. The number of benzene rings is 1. The SMILES string of the molecule is CN=C(NCC1CCCN1CCOC)NC(C)c1ccc(OCC2CC2)c(F)c1. The lowest BCUT2D eigenvalue weighted by atomic mass is 10.1. The Kier molecular flexibility index (Phi) is 8.12. The first-order chi connectivity index (χ1) is 14.1. The number of aliphatic imine (C=N–C) groups is 1. The van der Waals surface area contributed by atoms with Gasteiger partial charge >= 0.3 is 0 Å². The van der Waals surface area contributed by atoms with E-state index in [1.54, 1.807) is 26.3 Å². The summed E-state index contributed by atoms with van der Waals surface area (Å²) in [7, 11) is 3.50. The quantitative estimate of drug-likeness (QED) is 0.462. The monoisotopic (exact) mass is 406 g/mol. The number of likely N-dealkylation sites (tertiary alicyclic amines) is 1. The summed E-state index contributed by atoms with van der Waals surface area (Å²) < 4.78 is 25.2. The molecule has 6 nitrogen and oxygen atoms in total. The lowest BCUT2D eigenvalue weighted by molar-refractivity contribution is 0.141. The lowest BCUT2D eigenvalue weighted by Crippen LogP contribution is -2.46. The van der Waals surface area contributed by atoms with Crippen molar-refractivity contribution in [3.63, 3.8) is 0 Å². The van der Waals surface area contributed by atoms with E-state index in [1.807, 2.05) is 13.0 Å². The molecule has 0 amide bonds. The van der Waals surface area contributed by atoms with Crippen LogP contribution in [0, 0.1) is 11.7 Å². The van der Waals surface area contributed by atoms with Crippen molar-refractivity contribution < 1.29 is 13.9 Å². The maximum absolute atomic E-state index is 14.4. The van der Waals surface area contributed by atoms with Crippen LogP contribution in [0.5, 0.6) is 5.75 Å². The van der Waals surface area contributed by atoms with E-state index in [4.69, 9.17) is 9.47 Å². The van der Waals surface area contributed by atoms with Crippen LogP contribution in [0.4, 0.5) is 4.39 Å². The Morgan fingerprint density at radius 2 is 2.17 bits per heavy atom. The molecule has 162 valence electrons. The number of hydrogen-bond donors (Lipinski definition) is 2. The Morgan fingerprint density at radius 3 is 2.86 bits per heavy atom. The molecule has 1 aromatic carbocycles. The van der Waals surface area contributed by atoms with Gasteiger partial charge < -0.3 is 20.1 Å². The van der Waals surface area contributed by atoms with Crippen molar-refractivity contribution in [2.24, 2.45) is 10.9 Å². The van der Waals surface area contributed by atoms with E-state index < -0.39 is 0 Å². The zero-order valence-electron chi connectivity index (χ0n) is 17.9. The van der Waals surface area contributed by atoms with E-state index in [0.717, 1.165) is 37.8 Å². The van der Waals surface area contributed by atoms with Gasteiger partial charge in [-0.05, 0) is 62.8 Å². The molecule has 7 heteroatoms. The molecule has 3 rings (SSSR count). The molecule has 1 aliphatic heterocycles. The molecule has 2 atom stereocenters. The molecule has 0 aromatic heterocycles. The molecule has 2 N–H and O–H groups in total. The van der Waals surface area contributed by atoms with Gasteiger partial charge in [-0.25, -0.2) is 4.39 Å². The van der Waals surface area contributed by atoms with Crippen LogP contribution in [-0.4, -0.2) is 63.9 Å². The van der Waals surface area contributed by atoms with Gasteiger partial charge in [0.25, 0.3) is 0 Å². The van der Waals surface area contributed by atoms with Crippen molar-refractivity contribution in [1.82, 2.24) is 15.5 Å². The van der Waals surface area contributed by atoms with E-state index in [-0.39, 0.29) is 11.9 Å². The number of hydrogen-bond acceptors (Lipinski definition) is 4. The second kappa shape index (κ2) is 10.8. The average Bonchev–Trinajstić information content (AvgIpc) is 3.45. The second-order valence-electron chi connectivity index (χ2n) is 8.09. The summed E-state index contributed by atoms with van der Waals surface area (Å²) in [5.41, 5.74) is 0.867. The van der Waals surface area contributed by atoms with Crippen LogP contribution < -0.4 is 15.4 Å². The number of methoxy groups -OCH3 is 1. The van der Waals surface area contributed by atoms with Gasteiger partial charge in [0.05, 0.1) is 19.3 Å². The highest BCUT2D eigenvalue weighted by Crippen LogP contribution is 2.30. The Labute approximate surface area is 173 Å². The van der Waals surface area contributed by atoms with Gasteiger partial charge in [-0.15, -0.1) is 0 Å². The molecule has 0 spiro atoms. The maximum Gasteiger partial charge on any atom is 0.191 e. The molecule has 2 unspecified atom stereocenters. The molecular formula is C22H35FN4O2. The summed E-state index contributed by atoms with van der Waals surface area (Å²) in [5.74, 6) is 1.37. The number of rotatable bonds is 10. The van der Waals surface area contributed by atoms with E-state index in [1.165, 1.54) is 25.7 Å². The van der Waals surface area contributed by atoms with E-state index in [0.29, 0.717) is 24.3 Å².